The van der Waals surface area contributed by atoms with Gasteiger partial charge in [0.1, 0.15) is 0 Å². The van der Waals surface area contributed by atoms with Crippen LogP contribution in [0.5, 0.6) is 0 Å². The van der Waals surface area contributed by atoms with Gasteiger partial charge in [-0.2, -0.15) is 0 Å². The summed E-state index contributed by atoms with van der Waals surface area (Å²) in [5, 5.41) is 12.5. The second kappa shape index (κ2) is 5.32. The van der Waals surface area contributed by atoms with Crippen LogP contribution in [-0.2, 0) is 0 Å². The fourth-order valence-electron chi connectivity index (χ4n) is 2.24. The number of aliphatic hydroxyl groups excluding tert-OH is 1. The van der Waals surface area contributed by atoms with Crippen LogP contribution >= 0.6 is 0 Å². The standard InChI is InChI=1S/C13H20N2O/c1-11-2-4-12(5-3-11)15-8-7-14-10-13(15)6-9-16/h2-5,13-14,16H,6-10H2,1H3. The van der Waals surface area contributed by atoms with Gasteiger partial charge in [-0.25, -0.2) is 0 Å². The molecule has 0 saturated carbocycles. The van der Waals surface area contributed by atoms with Gasteiger partial charge in [-0.15, -0.1) is 0 Å². The van der Waals surface area contributed by atoms with Crippen LogP contribution in [-0.4, -0.2) is 37.4 Å². The van der Waals surface area contributed by atoms with Crippen molar-refractivity contribution < 1.29 is 5.11 Å². The minimum atomic E-state index is 0.259. The zero-order chi connectivity index (χ0) is 11.4. The molecule has 1 heterocycles. The van der Waals surface area contributed by atoms with Gasteiger partial charge >= 0.3 is 0 Å². The predicted octanol–water partition coefficient (Wildman–Crippen LogP) is 1.16. The second-order valence-electron chi connectivity index (χ2n) is 4.40. The number of benzene rings is 1. The highest BCUT2D eigenvalue weighted by Gasteiger charge is 2.21. The van der Waals surface area contributed by atoms with Crippen molar-refractivity contribution >= 4 is 5.69 Å². The van der Waals surface area contributed by atoms with Crippen LogP contribution in [0.15, 0.2) is 24.3 Å². The van der Waals surface area contributed by atoms with Gasteiger partial charge in [-0.05, 0) is 25.5 Å². The van der Waals surface area contributed by atoms with E-state index < -0.39 is 0 Å². The summed E-state index contributed by atoms with van der Waals surface area (Å²) in [7, 11) is 0. The maximum absolute atomic E-state index is 9.07. The molecule has 1 fully saturated rings. The molecule has 0 amide bonds. The van der Waals surface area contributed by atoms with Crippen LogP contribution in [0.4, 0.5) is 5.69 Å². The zero-order valence-corrected chi connectivity index (χ0v) is 9.82. The smallest absolute Gasteiger partial charge is 0.0451 e. The molecular weight excluding hydrogens is 200 g/mol. The third-order valence-corrected chi connectivity index (χ3v) is 3.18. The highest BCUT2D eigenvalue weighted by atomic mass is 16.3. The van der Waals surface area contributed by atoms with Crippen LogP contribution in [0.3, 0.4) is 0 Å². The first-order valence-electron chi connectivity index (χ1n) is 5.96. The number of rotatable bonds is 3. The number of hydrogen-bond acceptors (Lipinski definition) is 3. The van der Waals surface area contributed by atoms with E-state index in [2.05, 4.69) is 41.4 Å². The SMILES string of the molecule is Cc1ccc(N2CCNCC2CCO)cc1. The Hall–Kier alpha value is -1.06. The molecule has 3 heteroatoms. The average Bonchev–Trinajstić information content (AvgIpc) is 2.32. The van der Waals surface area contributed by atoms with Crippen LogP contribution in [0.1, 0.15) is 12.0 Å². The van der Waals surface area contributed by atoms with E-state index in [1.54, 1.807) is 0 Å². The number of nitrogens with zero attached hydrogens (tertiary/aromatic N) is 1. The fourth-order valence-corrected chi connectivity index (χ4v) is 2.24. The van der Waals surface area contributed by atoms with Crippen molar-refractivity contribution in [3.8, 4) is 0 Å². The van der Waals surface area contributed by atoms with E-state index in [1.807, 2.05) is 0 Å². The van der Waals surface area contributed by atoms with E-state index in [4.69, 9.17) is 5.11 Å². The third-order valence-electron chi connectivity index (χ3n) is 3.18. The Morgan fingerprint density at radius 2 is 2.12 bits per heavy atom. The van der Waals surface area contributed by atoms with E-state index in [0.717, 1.165) is 26.1 Å². The van der Waals surface area contributed by atoms with Gasteiger partial charge in [0.15, 0.2) is 0 Å². The number of anilines is 1. The number of aliphatic hydroxyl groups is 1. The summed E-state index contributed by atoms with van der Waals surface area (Å²) in [5.74, 6) is 0. The molecule has 88 valence electrons. The number of aryl methyl sites for hydroxylation is 1. The first kappa shape index (κ1) is 11.4. The highest BCUT2D eigenvalue weighted by molar-refractivity contribution is 5.49. The number of nitrogens with one attached hydrogen (secondary N) is 1. The van der Waals surface area contributed by atoms with Crippen LogP contribution < -0.4 is 10.2 Å². The van der Waals surface area contributed by atoms with E-state index in [0.29, 0.717) is 6.04 Å². The molecule has 0 radical (unpaired) electrons. The van der Waals surface area contributed by atoms with Crippen molar-refractivity contribution in [1.82, 2.24) is 5.32 Å². The van der Waals surface area contributed by atoms with Gasteiger partial charge in [-0.1, -0.05) is 17.7 Å². The molecule has 2 rings (SSSR count). The fraction of sp³-hybridized carbons (Fsp3) is 0.538. The third kappa shape index (κ3) is 2.54. The molecule has 1 aliphatic heterocycles. The average molecular weight is 220 g/mol. The lowest BCUT2D eigenvalue weighted by Crippen LogP contribution is -2.51. The molecule has 2 N–H and O–H groups in total. The van der Waals surface area contributed by atoms with Crippen molar-refractivity contribution in [2.45, 2.75) is 19.4 Å². The summed E-state index contributed by atoms with van der Waals surface area (Å²) in [6, 6.07) is 9.05. The molecule has 0 aliphatic carbocycles. The minimum absolute atomic E-state index is 0.259. The molecule has 16 heavy (non-hydrogen) atoms. The minimum Gasteiger partial charge on any atom is -0.396 e. The Morgan fingerprint density at radius 3 is 2.81 bits per heavy atom. The number of hydrogen-bond donors (Lipinski definition) is 2. The van der Waals surface area contributed by atoms with Crippen molar-refractivity contribution in [2.75, 3.05) is 31.1 Å². The maximum Gasteiger partial charge on any atom is 0.0451 e. The molecule has 0 aromatic heterocycles. The highest BCUT2D eigenvalue weighted by Crippen LogP contribution is 2.20. The molecule has 1 atom stereocenters. The van der Waals surface area contributed by atoms with Gasteiger partial charge < -0.3 is 15.3 Å². The predicted molar refractivity (Wildman–Crippen MR) is 66.9 cm³/mol. The lowest BCUT2D eigenvalue weighted by Gasteiger charge is -2.38. The van der Waals surface area contributed by atoms with E-state index >= 15 is 0 Å². The lowest BCUT2D eigenvalue weighted by atomic mass is 10.1. The topological polar surface area (TPSA) is 35.5 Å². The Bertz CT molecular complexity index is 321. The van der Waals surface area contributed by atoms with Crippen LogP contribution in [0.2, 0.25) is 0 Å². The normalized spacial score (nSPS) is 21.1. The monoisotopic (exact) mass is 220 g/mol. The largest absolute Gasteiger partial charge is 0.396 e. The number of piperazine rings is 1. The van der Waals surface area contributed by atoms with Crippen molar-refractivity contribution in [1.29, 1.82) is 0 Å². The maximum atomic E-state index is 9.07. The molecule has 1 aliphatic rings. The molecular formula is C13H20N2O. The summed E-state index contributed by atoms with van der Waals surface area (Å²) < 4.78 is 0. The summed E-state index contributed by atoms with van der Waals surface area (Å²) in [6.07, 6.45) is 0.834. The van der Waals surface area contributed by atoms with Gasteiger partial charge in [-0.3, -0.25) is 0 Å². The van der Waals surface area contributed by atoms with Gasteiger partial charge in [0.2, 0.25) is 0 Å². The van der Waals surface area contributed by atoms with E-state index in [9.17, 15) is 0 Å². The van der Waals surface area contributed by atoms with Crippen molar-refractivity contribution in [3.63, 3.8) is 0 Å². The van der Waals surface area contributed by atoms with Gasteiger partial charge in [0, 0.05) is 38.0 Å². The summed E-state index contributed by atoms with van der Waals surface area (Å²) >= 11 is 0. The molecule has 1 aromatic carbocycles. The van der Waals surface area contributed by atoms with Gasteiger partial charge in [0.25, 0.3) is 0 Å². The molecule has 1 saturated heterocycles. The molecule has 3 nitrogen and oxygen atoms in total. The van der Waals surface area contributed by atoms with Crippen LogP contribution in [0, 0.1) is 6.92 Å². The molecule has 0 spiro atoms. The summed E-state index contributed by atoms with van der Waals surface area (Å²) in [5.41, 5.74) is 2.56. The molecule has 1 aromatic rings. The Kier molecular flexibility index (Phi) is 3.80. The summed E-state index contributed by atoms with van der Waals surface area (Å²) in [4.78, 5) is 2.40. The second-order valence-corrected chi connectivity index (χ2v) is 4.40. The Balaban J connectivity index is 2.13. The van der Waals surface area contributed by atoms with Crippen molar-refractivity contribution in [3.05, 3.63) is 29.8 Å². The zero-order valence-electron chi connectivity index (χ0n) is 9.82. The Morgan fingerprint density at radius 1 is 1.38 bits per heavy atom. The molecule has 1 unspecified atom stereocenters. The van der Waals surface area contributed by atoms with Crippen molar-refractivity contribution in [2.24, 2.45) is 0 Å². The quantitative estimate of drug-likeness (QED) is 0.802. The molecule has 0 bridgehead atoms. The first-order valence-corrected chi connectivity index (χ1v) is 5.96. The first-order chi connectivity index (χ1) is 7.81. The van der Waals surface area contributed by atoms with E-state index in [1.165, 1.54) is 11.3 Å². The summed E-state index contributed by atoms with van der Waals surface area (Å²) in [6.45, 7) is 5.37. The van der Waals surface area contributed by atoms with Gasteiger partial charge in [0.05, 0.1) is 0 Å². The lowest BCUT2D eigenvalue weighted by molar-refractivity contribution is 0.266. The Labute approximate surface area is 97.1 Å². The van der Waals surface area contributed by atoms with E-state index in [-0.39, 0.29) is 6.61 Å². The van der Waals surface area contributed by atoms with Crippen LogP contribution in [0.25, 0.3) is 0 Å².